The van der Waals surface area contributed by atoms with Crippen molar-refractivity contribution in [1.29, 1.82) is 0 Å². The van der Waals surface area contributed by atoms with E-state index in [4.69, 9.17) is 4.74 Å². The number of halogens is 3. The Bertz CT molecular complexity index is 1110. The molecule has 4 rings (SSSR count). The highest BCUT2D eigenvalue weighted by atomic mass is 19.4. The van der Waals surface area contributed by atoms with Gasteiger partial charge in [0.15, 0.2) is 0 Å². The molecular weight excluding hydrogens is 569 g/mol. The van der Waals surface area contributed by atoms with Gasteiger partial charge in [-0.25, -0.2) is 4.79 Å². The number of ether oxygens (including phenoxy) is 1. The van der Waals surface area contributed by atoms with Crippen molar-refractivity contribution in [2.75, 3.05) is 13.1 Å². The molecule has 13 heteroatoms. The molecule has 0 aromatic heterocycles. The lowest BCUT2D eigenvalue weighted by molar-refractivity contribution is -0.148. The Labute approximate surface area is 250 Å². The number of piperidine rings is 1. The minimum atomic E-state index is -4.69. The minimum Gasteiger partial charge on any atom is -0.444 e. The molecule has 0 spiro atoms. The molecule has 1 aliphatic heterocycles. The van der Waals surface area contributed by atoms with Gasteiger partial charge < -0.3 is 25.6 Å². The highest BCUT2D eigenvalue weighted by Crippen LogP contribution is 2.65. The van der Waals surface area contributed by atoms with Gasteiger partial charge in [-0.3, -0.25) is 19.2 Å². The summed E-state index contributed by atoms with van der Waals surface area (Å²) in [5.74, 6) is -3.81. The number of hydrogen-bond acceptors (Lipinski definition) is 6. The zero-order valence-corrected chi connectivity index (χ0v) is 25.6. The van der Waals surface area contributed by atoms with E-state index in [-0.39, 0.29) is 35.5 Å². The molecular formula is C30H45F3N4O6. The Kier molecular flexibility index (Phi) is 9.42. The molecule has 1 saturated heterocycles. The summed E-state index contributed by atoms with van der Waals surface area (Å²) in [6.07, 6.45) is 0.621. The number of nitrogens with zero attached hydrogens (tertiary/aromatic N) is 1. The maximum Gasteiger partial charge on any atom is 0.408 e. The molecule has 4 fully saturated rings. The smallest absolute Gasteiger partial charge is 0.408 e. The van der Waals surface area contributed by atoms with Crippen LogP contribution in [0.3, 0.4) is 0 Å². The Morgan fingerprint density at radius 3 is 2.14 bits per heavy atom. The highest BCUT2D eigenvalue weighted by molar-refractivity contribution is 6.38. The number of alkyl halides is 3. The van der Waals surface area contributed by atoms with Crippen molar-refractivity contribution < 1.29 is 41.9 Å². The van der Waals surface area contributed by atoms with Crippen LogP contribution in [-0.4, -0.2) is 77.5 Å². The number of nitrogens with one attached hydrogen (secondary N) is 3. The van der Waals surface area contributed by atoms with Gasteiger partial charge in [-0.1, -0.05) is 46.0 Å². The quantitative estimate of drug-likeness (QED) is 0.323. The number of likely N-dealkylation sites (tertiary alicyclic amines) is 1. The SMILES string of the molecule is CC(C)(C)OC(=O)N[C@H](C(=O)N1C[C@H]2[C@@H]([C@H]1C(=O)NC(CC1CC1)C(=O)C(=O)NCC(F)(F)F)C2(C)C)C1CCCCC1. The van der Waals surface area contributed by atoms with Crippen molar-refractivity contribution in [1.82, 2.24) is 20.9 Å². The molecule has 3 aliphatic carbocycles. The first-order valence-electron chi connectivity index (χ1n) is 15.4. The van der Waals surface area contributed by atoms with Gasteiger partial charge >= 0.3 is 12.3 Å². The Morgan fingerprint density at radius 1 is 0.953 bits per heavy atom. The van der Waals surface area contributed by atoms with E-state index < -0.39 is 66.0 Å². The van der Waals surface area contributed by atoms with Crippen LogP contribution < -0.4 is 16.0 Å². The van der Waals surface area contributed by atoms with Gasteiger partial charge in [0.05, 0.1) is 6.04 Å². The molecule has 242 valence electrons. The molecule has 3 saturated carbocycles. The molecule has 1 unspecified atom stereocenters. The van der Waals surface area contributed by atoms with Crippen LogP contribution >= 0.6 is 0 Å². The summed E-state index contributed by atoms with van der Waals surface area (Å²) in [5, 5.41) is 7.02. The number of amides is 4. The summed E-state index contributed by atoms with van der Waals surface area (Å²) in [4.78, 5) is 67.6. The van der Waals surface area contributed by atoms with Crippen molar-refractivity contribution in [3.63, 3.8) is 0 Å². The molecule has 0 aromatic carbocycles. The number of alkyl carbamates (subject to hydrolysis) is 1. The molecule has 0 radical (unpaired) electrons. The number of rotatable bonds is 10. The van der Waals surface area contributed by atoms with Crippen LogP contribution in [0.4, 0.5) is 18.0 Å². The van der Waals surface area contributed by atoms with E-state index >= 15 is 0 Å². The predicted octanol–water partition coefficient (Wildman–Crippen LogP) is 3.48. The van der Waals surface area contributed by atoms with Crippen LogP contribution in [0.15, 0.2) is 0 Å². The Balaban J connectivity index is 1.53. The average molecular weight is 615 g/mol. The van der Waals surface area contributed by atoms with E-state index in [1.807, 2.05) is 13.8 Å². The lowest BCUT2D eigenvalue weighted by Gasteiger charge is -2.37. The van der Waals surface area contributed by atoms with Gasteiger partial charge in [0.2, 0.25) is 17.6 Å². The topological polar surface area (TPSA) is 134 Å². The first kappa shape index (κ1) is 33.0. The second kappa shape index (κ2) is 12.3. The molecule has 4 amide bonds. The van der Waals surface area contributed by atoms with Gasteiger partial charge in [0.25, 0.3) is 5.91 Å². The fourth-order valence-corrected chi connectivity index (χ4v) is 6.88. The third-order valence-electron chi connectivity index (χ3n) is 9.39. The van der Waals surface area contributed by atoms with E-state index in [9.17, 15) is 37.1 Å². The summed E-state index contributed by atoms with van der Waals surface area (Å²) in [6, 6.07) is -3.16. The zero-order valence-electron chi connectivity index (χ0n) is 25.6. The molecule has 4 aliphatic rings. The van der Waals surface area contributed by atoms with Gasteiger partial charge in [0, 0.05) is 6.54 Å². The average Bonchev–Trinajstić information content (AvgIpc) is 3.75. The number of hydrogen-bond donors (Lipinski definition) is 3. The third-order valence-corrected chi connectivity index (χ3v) is 9.39. The lowest BCUT2D eigenvalue weighted by atomic mass is 9.83. The second-order valence-corrected chi connectivity index (χ2v) is 14.3. The van der Waals surface area contributed by atoms with Gasteiger partial charge in [-0.05, 0) is 69.1 Å². The molecule has 3 N–H and O–H groups in total. The normalized spacial score (nSPS) is 26.5. The predicted molar refractivity (Wildman–Crippen MR) is 149 cm³/mol. The highest BCUT2D eigenvalue weighted by Gasteiger charge is 2.69. The maximum absolute atomic E-state index is 14.2. The number of Topliss-reactive ketones (excluding diaryl/α,β-unsaturated/α-hetero) is 1. The molecule has 5 atom stereocenters. The van der Waals surface area contributed by atoms with Crippen LogP contribution in [0.5, 0.6) is 0 Å². The van der Waals surface area contributed by atoms with Crippen molar-refractivity contribution in [3.05, 3.63) is 0 Å². The van der Waals surface area contributed by atoms with Crippen molar-refractivity contribution in [2.45, 2.75) is 116 Å². The second-order valence-electron chi connectivity index (χ2n) is 14.3. The van der Waals surface area contributed by atoms with Crippen LogP contribution in [0.2, 0.25) is 0 Å². The fourth-order valence-electron chi connectivity index (χ4n) is 6.88. The van der Waals surface area contributed by atoms with Gasteiger partial charge in [-0.15, -0.1) is 0 Å². The monoisotopic (exact) mass is 614 g/mol. The van der Waals surface area contributed by atoms with Crippen LogP contribution in [0.1, 0.15) is 86.0 Å². The molecule has 0 bridgehead atoms. The fraction of sp³-hybridized carbons (Fsp3) is 0.833. The number of carbonyl (C=O) groups is 5. The summed E-state index contributed by atoms with van der Waals surface area (Å²) < 4.78 is 43.4. The Hall–Kier alpha value is -2.86. The molecule has 1 heterocycles. The van der Waals surface area contributed by atoms with E-state index in [0.717, 1.165) is 44.9 Å². The van der Waals surface area contributed by atoms with Gasteiger partial charge in [-0.2, -0.15) is 13.2 Å². The minimum absolute atomic E-state index is 0.0217. The Morgan fingerprint density at radius 2 is 1.58 bits per heavy atom. The van der Waals surface area contributed by atoms with E-state index in [2.05, 4.69) is 10.6 Å². The van der Waals surface area contributed by atoms with Crippen molar-refractivity contribution >= 4 is 29.6 Å². The van der Waals surface area contributed by atoms with E-state index in [1.165, 1.54) is 4.90 Å². The van der Waals surface area contributed by atoms with Crippen molar-refractivity contribution in [2.24, 2.45) is 29.1 Å². The summed E-state index contributed by atoms with van der Waals surface area (Å²) in [6.45, 7) is 7.81. The van der Waals surface area contributed by atoms with Crippen molar-refractivity contribution in [3.8, 4) is 0 Å². The number of carbonyl (C=O) groups excluding carboxylic acids is 5. The summed E-state index contributed by atoms with van der Waals surface area (Å²) in [5.41, 5.74) is -1.03. The molecule has 43 heavy (non-hydrogen) atoms. The summed E-state index contributed by atoms with van der Waals surface area (Å²) >= 11 is 0. The molecule has 10 nitrogen and oxygen atoms in total. The zero-order chi connectivity index (χ0) is 31.9. The van der Waals surface area contributed by atoms with Crippen LogP contribution in [0.25, 0.3) is 0 Å². The van der Waals surface area contributed by atoms with Crippen LogP contribution in [-0.2, 0) is 23.9 Å². The number of ketones is 1. The van der Waals surface area contributed by atoms with E-state index in [1.54, 1.807) is 26.1 Å². The van der Waals surface area contributed by atoms with E-state index in [0.29, 0.717) is 6.54 Å². The van der Waals surface area contributed by atoms with Crippen LogP contribution in [0, 0.1) is 29.1 Å². The third kappa shape index (κ3) is 8.20. The first-order chi connectivity index (χ1) is 19.9. The standard InChI is InChI=1S/C30H45F3N4O6/c1-28(2,3)43-27(42)36-21(17-9-7-6-8-10-17)26(41)37-14-18-20(29(18,4)5)22(37)24(39)35-19(13-16-11-12-16)23(38)25(40)34-15-30(31,32)33/h16-22H,6-15H2,1-5H3,(H,34,40)(H,35,39)(H,36,42)/t18-,19?,20-,21-,22-/m0/s1. The van der Waals surface area contributed by atoms with Gasteiger partial charge in [0.1, 0.15) is 24.2 Å². The lowest BCUT2D eigenvalue weighted by Crippen LogP contribution is -2.60. The maximum atomic E-state index is 14.2. The molecule has 0 aromatic rings. The first-order valence-corrected chi connectivity index (χ1v) is 15.4. The largest absolute Gasteiger partial charge is 0.444 e. The summed E-state index contributed by atoms with van der Waals surface area (Å²) in [7, 11) is 0. The number of fused-ring (bicyclic) bond motifs is 1.